The van der Waals surface area contributed by atoms with Crippen LogP contribution in [0.5, 0.6) is 0 Å². The molecule has 0 bridgehead atoms. The number of nitrogens with two attached hydrogens (primary N) is 1. The summed E-state index contributed by atoms with van der Waals surface area (Å²) in [6.45, 7) is 5.75. The van der Waals surface area contributed by atoms with Gasteiger partial charge in [-0.3, -0.25) is 0 Å². The minimum Gasteiger partial charge on any atom is -0.328 e. The van der Waals surface area contributed by atoms with Crippen LogP contribution in [0, 0.1) is 5.92 Å². The van der Waals surface area contributed by atoms with E-state index < -0.39 is 0 Å². The van der Waals surface area contributed by atoms with E-state index >= 15 is 0 Å². The minimum atomic E-state index is 0. The first kappa shape index (κ1) is 15.5. The summed E-state index contributed by atoms with van der Waals surface area (Å²) in [4.78, 5) is 2.57. The van der Waals surface area contributed by atoms with Gasteiger partial charge in [-0.05, 0) is 44.2 Å². The maximum atomic E-state index is 6.01. The highest BCUT2D eigenvalue weighted by atomic mass is 35.5. The Hall–Kier alpha value is -0.570. The zero-order chi connectivity index (χ0) is 12.1. The summed E-state index contributed by atoms with van der Waals surface area (Å²) in [5.74, 6) is 0.694. The van der Waals surface area contributed by atoms with Gasteiger partial charge in [-0.15, -0.1) is 12.4 Å². The summed E-state index contributed by atoms with van der Waals surface area (Å²) in [7, 11) is 0. The molecule has 1 fully saturated rings. The molecule has 1 aliphatic heterocycles. The van der Waals surface area contributed by atoms with E-state index in [4.69, 9.17) is 5.73 Å². The van der Waals surface area contributed by atoms with Gasteiger partial charge < -0.3 is 10.6 Å². The molecule has 0 aromatic heterocycles. The molecule has 1 aromatic rings. The normalized spacial score (nSPS) is 22.2. The van der Waals surface area contributed by atoms with E-state index in [2.05, 4.69) is 42.2 Å². The fraction of sp³-hybridized carbons (Fsp3) is 0.600. The molecule has 1 aliphatic rings. The molecule has 1 heterocycles. The van der Waals surface area contributed by atoms with Crippen molar-refractivity contribution in [1.82, 2.24) is 4.90 Å². The second kappa shape index (κ2) is 7.78. The first-order chi connectivity index (χ1) is 8.25. The first-order valence-electron chi connectivity index (χ1n) is 6.77. The number of hydrogen-bond donors (Lipinski definition) is 1. The van der Waals surface area contributed by atoms with Gasteiger partial charge >= 0.3 is 0 Å². The highest BCUT2D eigenvalue weighted by Crippen LogP contribution is 2.18. The van der Waals surface area contributed by atoms with Crippen molar-refractivity contribution >= 4 is 12.4 Å². The number of benzene rings is 1. The van der Waals surface area contributed by atoms with Gasteiger partial charge in [0.15, 0.2) is 0 Å². The zero-order valence-electron chi connectivity index (χ0n) is 11.2. The Morgan fingerprint density at radius 2 is 2.06 bits per heavy atom. The van der Waals surface area contributed by atoms with Gasteiger partial charge in [0, 0.05) is 19.1 Å². The smallest absolute Gasteiger partial charge is 0.00509 e. The van der Waals surface area contributed by atoms with E-state index in [1.54, 1.807) is 0 Å². The molecular formula is C15H25ClN2. The van der Waals surface area contributed by atoms with Gasteiger partial charge in [0.05, 0.1) is 0 Å². The lowest BCUT2D eigenvalue weighted by molar-refractivity contribution is 0.163. The average molecular weight is 269 g/mol. The second-order valence-electron chi connectivity index (χ2n) is 5.30. The molecule has 0 amide bonds. The van der Waals surface area contributed by atoms with E-state index in [0.29, 0.717) is 12.0 Å². The van der Waals surface area contributed by atoms with Crippen molar-refractivity contribution in [2.75, 3.05) is 19.6 Å². The fourth-order valence-corrected chi connectivity index (χ4v) is 2.66. The van der Waals surface area contributed by atoms with Gasteiger partial charge in [-0.25, -0.2) is 0 Å². The van der Waals surface area contributed by atoms with Crippen molar-refractivity contribution in [1.29, 1.82) is 0 Å². The Morgan fingerprint density at radius 3 is 2.72 bits per heavy atom. The summed E-state index contributed by atoms with van der Waals surface area (Å²) >= 11 is 0. The monoisotopic (exact) mass is 268 g/mol. The van der Waals surface area contributed by atoms with Crippen LogP contribution in [0.25, 0.3) is 0 Å². The maximum Gasteiger partial charge on any atom is 0.00509 e. The molecule has 2 N–H and O–H groups in total. The van der Waals surface area contributed by atoms with E-state index in [-0.39, 0.29) is 12.4 Å². The van der Waals surface area contributed by atoms with Crippen molar-refractivity contribution in [3.8, 4) is 0 Å². The number of piperidine rings is 1. The lowest BCUT2D eigenvalue weighted by Crippen LogP contribution is -2.43. The van der Waals surface area contributed by atoms with Crippen molar-refractivity contribution in [3.63, 3.8) is 0 Å². The summed E-state index contributed by atoms with van der Waals surface area (Å²) in [5.41, 5.74) is 7.45. The van der Waals surface area contributed by atoms with Crippen LogP contribution < -0.4 is 5.73 Å². The summed E-state index contributed by atoms with van der Waals surface area (Å²) in [6.07, 6.45) is 3.77. The summed E-state index contributed by atoms with van der Waals surface area (Å²) < 4.78 is 0. The summed E-state index contributed by atoms with van der Waals surface area (Å²) in [5, 5.41) is 0. The Bertz CT molecular complexity index is 327. The van der Waals surface area contributed by atoms with E-state index in [9.17, 15) is 0 Å². The molecule has 2 unspecified atom stereocenters. The molecule has 3 heteroatoms. The largest absolute Gasteiger partial charge is 0.328 e. The van der Waals surface area contributed by atoms with Crippen LogP contribution in [0.1, 0.15) is 25.3 Å². The van der Waals surface area contributed by atoms with Gasteiger partial charge in [0.25, 0.3) is 0 Å². The Labute approximate surface area is 117 Å². The zero-order valence-corrected chi connectivity index (χ0v) is 12.0. The Kier molecular flexibility index (Phi) is 6.69. The number of hydrogen-bond acceptors (Lipinski definition) is 2. The van der Waals surface area contributed by atoms with Crippen LogP contribution in [0.15, 0.2) is 30.3 Å². The Morgan fingerprint density at radius 1 is 1.33 bits per heavy atom. The number of halogens is 1. The molecule has 1 aromatic carbocycles. The van der Waals surface area contributed by atoms with Crippen molar-refractivity contribution in [3.05, 3.63) is 35.9 Å². The average Bonchev–Trinajstić information content (AvgIpc) is 2.38. The van der Waals surface area contributed by atoms with E-state index in [1.165, 1.54) is 38.0 Å². The van der Waals surface area contributed by atoms with Crippen LogP contribution in [0.3, 0.4) is 0 Å². The molecule has 0 radical (unpaired) electrons. The van der Waals surface area contributed by atoms with Crippen molar-refractivity contribution in [2.24, 2.45) is 11.7 Å². The van der Waals surface area contributed by atoms with Crippen LogP contribution in [0.2, 0.25) is 0 Å². The molecule has 2 atom stereocenters. The Balaban J connectivity index is 0.00000162. The molecule has 0 aliphatic carbocycles. The van der Waals surface area contributed by atoms with Crippen molar-refractivity contribution < 1.29 is 0 Å². The van der Waals surface area contributed by atoms with Gasteiger partial charge in [0.2, 0.25) is 0 Å². The van der Waals surface area contributed by atoms with Crippen molar-refractivity contribution in [2.45, 2.75) is 32.2 Å². The maximum absolute atomic E-state index is 6.01. The topological polar surface area (TPSA) is 29.3 Å². The van der Waals surface area contributed by atoms with Crippen LogP contribution in [0.4, 0.5) is 0 Å². The summed E-state index contributed by atoms with van der Waals surface area (Å²) in [6, 6.07) is 11.1. The quantitative estimate of drug-likeness (QED) is 0.910. The van der Waals surface area contributed by atoms with Crippen LogP contribution in [-0.4, -0.2) is 30.6 Å². The molecule has 18 heavy (non-hydrogen) atoms. The standard InChI is InChI=1S/C15H24N2.ClH/c1-13(16)15-8-5-10-17(12-15)11-9-14-6-3-2-4-7-14;/h2-4,6-7,13,15H,5,8-12,16H2,1H3;1H. The first-order valence-corrected chi connectivity index (χ1v) is 6.77. The molecule has 2 nitrogen and oxygen atoms in total. The lowest BCUT2D eigenvalue weighted by Gasteiger charge is -2.34. The van der Waals surface area contributed by atoms with Gasteiger partial charge in [0.1, 0.15) is 0 Å². The third-order valence-corrected chi connectivity index (χ3v) is 3.85. The number of nitrogens with zero attached hydrogens (tertiary/aromatic N) is 1. The molecule has 102 valence electrons. The highest BCUT2D eigenvalue weighted by molar-refractivity contribution is 5.85. The van der Waals surface area contributed by atoms with E-state index in [1.807, 2.05) is 0 Å². The molecule has 2 rings (SSSR count). The second-order valence-corrected chi connectivity index (χ2v) is 5.30. The van der Waals surface area contributed by atoms with Crippen LogP contribution >= 0.6 is 12.4 Å². The minimum absolute atomic E-state index is 0. The molecule has 0 saturated carbocycles. The predicted molar refractivity (Wildman–Crippen MR) is 80.2 cm³/mol. The molecule has 1 saturated heterocycles. The molecular weight excluding hydrogens is 244 g/mol. The number of rotatable bonds is 4. The van der Waals surface area contributed by atoms with E-state index in [0.717, 1.165) is 6.42 Å². The highest BCUT2D eigenvalue weighted by Gasteiger charge is 2.22. The SMILES string of the molecule is CC(N)C1CCCN(CCc2ccccc2)C1.Cl. The third-order valence-electron chi connectivity index (χ3n) is 3.85. The van der Waals surface area contributed by atoms with Crippen LogP contribution in [-0.2, 0) is 6.42 Å². The van der Waals surface area contributed by atoms with Gasteiger partial charge in [-0.2, -0.15) is 0 Å². The fourth-order valence-electron chi connectivity index (χ4n) is 2.66. The van der Waals surface area contributed by atoms with Gasteiger partial charge in [-0.1, -0.05) is 30.3 Å². The predicted octanol–water partition coefficient (Wildman–Crippen LogP) is 2.71. The number of likely N-dealkylation sites (tertiary alicyclic amines) is 1. The molecule has 0 spiro atoms. The third kappa shape index (κ3) is 4.60. The lowest BCUT2D eigenvalue weighted by atomic mass is 9.92.